The van der Waals surface area contributed by atoms with Crippen LogP contribution in [0.5, 0.6) is 0 Å². The number of benzene rings is 3. The third kappa shape index (κ3) is 3.68. The molecule has 0 radical (unpaired) electrons. The van der Waals surface area contributed by atoms with Crippen molar-refractivity contribution in [3.63, 3.8) is 0 Å². The molecule has 8 heteroatoms. The van der Waals surface area contributed by atoms with Gasteiger partial charge in [-0.1, -0.05) is 48.5 Å². The first-order valence-corrected chi connectivity index (χ1v) is 10.8. The first-order chi connectivity index (χ1) is 16.1. The van der Waals surface area contributed by atoms with Gasteiger partial charge < -0.3 is 20.6 Å². The van der Waals surface area contributed by atoms with Crippen LogP contribution < -0.4 is 15.5 Å². The Morgan fingerprint density at radius 3 is 2.36 bits per heavy atom. The number of amides is 4. The van der Waals surface area contributed by atoms with Gasteiger partial charge in [-0.05, 0) is 35.9 Å². The average Bonchev–Trinajstić information content (AvgIpc) is 2.81. The predicted molar refractivity (Wildman–Crippen MR) is 124 cm³/mol. The molecule has 0 saturated carbocycles. The lowest BCUT2D eigenvalue weighted by Crippen LogP contribution is -2.71. The number of anilines is 3. The van der Waals surface area contributed by atoms with Crippen LogP contribution in [0.1, 0.15) is 11.5 Å². The predicted octanol–water partition coefficient (Wildman–Crippen LogP) is 4.24. The number of aliphatic hydroxyl groups excluding tert-OH is 1. The van der Waals surface area contributed by atoms with Crippen LogP contribution in [-0.2, 0) is 0 Å². The molecule has 5 rings (SSSR count). The molecule has 1 fully saturated rings. The Morgan fingerprint density at radius 2 is 1.61 bits per heavy atom. The zero-order valence-corrected chi connectivity index (χ0v) is 17.7. The summed E-state index contributed by atoms with van der Waals surface area (Å²) in [7, 11) is 0. The molecule has 33 heavy (non-hydrogen) atoms. The molecule has 3 atom stereocenters. The minimum absolute atomic E-state index is 0.0858. The van der Waals surface area contributed by atoms with Gasteiger partial charge in [-0.2, -0.15) is 0 Å². The van der Waals surface area contributed by atoms with Crippen molar-refractivity contribution in [2.75, 3.05) is 28.7 Å². The maximum absolute atomic E-state index is 14.1. The van der Waals surface area contributed by atoms with Gasteiger partial charge in [0.05, 0.1) is 24.4 Å². The van der Waals surface area contributed by atoms with E-state index >= 15 is 0 Å². The molecule has 0 aliphatic carbocycles. The number of fused-ring (bicyclic) bond motifs is 3. The Kier molecular flexibility index (Phi) is 5.43. The topological polar surface area (TPSA) is 84.9 Å². The van der Waals surface area contributed by atoms with Gasteiger partial charge in [0.1, 0.15) is 5.82 Å². The fourth-order valence-electron chi connectivity index (χ4n) is 4.81. The highest BCUT2D eigenvalue weighted by Crippen LogP contribution is 2.48. The Morgan fingerprint density at radius 1 is 0.909 bits per heavy atom. The van der Waals surface area contributed by atoms with Crippen LogP contribution in [0.3, 0.4) is 0 Å². The van der Waals surface area contributed by atoms with Crippen LogP contribution in [0.2, 0.25) is 0 Å². The molecule has 2 aliphatic rings. The molecular formula is C25H23FN4O3. The second-order valence-corrected chi connectivity index (χ2v) is 8.13. The first kappa shape index (κ1) is 21.0. The maximum Gasteiger partial charge on any atom is 0.326 e. The molecule has 3 aromatic rings. The van der Waals surface area contributed by atoms with Gasteiger partial charge in [-0.3, -0.25) is 4.90 Å². The molecule has 0 bridgehead atoms. The molecule has 4 amide bonds. The Balaban J connectivity index is 1.43. The quantitative estimate of drug-likeness (QED) is 0.563. The number of rotatable bonds is 3. The van der Waals surface area contributed by atoms with E-state index in [2.05, 4.69) is 10.6 Å². The summed E-state index contributed by atoms with van der Waals surface area (Å²) in [5, 5.41) is 15.6. The summed E-state index contributed by atoms with van der Waals surface area (Å²) < 4.78 is 14.1. The number of nitrogens with zero attached hydrogens (tertiary/aromatic N) is 2. The van der Waals surface area contributed by atoms with E-state index in [0.717, 1.165) is 5.56 Å². The molecule has 0 aromatic heterocycles. The SMILES string of the molecule is O=C(Nc1ccccc1F)N1C[C@@H]2[C@H](c3ccccc31)[C@@H](CO)N2C(=O)Nc1ccccc1. The van der Waals surface area contributed by atoms with E-state index in [9.17, 15) is 19.1 Å². The highest BCUT2D eigenvalue weighted by molar-refractivity contribution is 6.03. The minimum Gasteiger partial charge on any atom is -0.394 e. The minimum atomic E-state index is -0.526. The summed E-state index contributed by atoms with van der Waals surface area (Å²) in [5.41, 5.74) is 2.30. The zero-order valence-electron chi connectivity index (χ0n) is 17.7. The van der Waals surface area contributed by atoms with Gasteiger partial charge in [0.2, 0.25) is 0 Å². The standard InChI is InChI=1S/C25H23FN4O3/c26-18-11-5-6-12-19(18)28-24(32)29-14-21-23(17-10-4-7-13-20(17)29)22(15-31)30(21)25(33)27-16-8-2-1-3-9-16/h1-13,21-23,31H,14-15H2,(H,27,33)(H,28,32)/t21-,22-,23+/m1/s1. The van der Waals surface area contributed by atoms with Crippen LogP contribution in [0.25, 0.3) is 0 Å². The summed E-state index contributed by atoms with van der Waals surface area (Å²) in [5.74, 6) is -0.632. The largest absolute Gasteiger partial charge is 0.394 e. The molecular weight excluding hydrogens is 423 g/mol. The van der Waals surface area contributed by atoms with Crippen LogP contribution in [-0.4, -0.2) is 47.3 Å². The number of hydrogen-bond donors (Lipinski definition) is 3. The number of urea groups is 2. The average molecular weight is 446 g/mol. The molecule has 3 aromatic carbocycles. The fraction of sp³-hybridized carbons (Fsp3) is 0.200. The lowest BCUT2D eigenvalue weighted by atomic mass is 9.72. The number of halogens is 1. The van der Waals surface area contributed by atoms with E-state index in [1.807, 2.05) is 42.5 Å². The van der Waals surface area contributed by atoms with Crippen molar-refractivity contribution in [3.05, 3.63) is 90.2 Å². The molecule has 168 valence electrons. The summed E-state index contributed by atoms with van der Waals surface area (Å²) in [4.78, 5) is 29.4. The molecule has 7 nitrogen and oxygen atoms in total. The first-order valence-electron chi connectivity index (χ1n) is 10.8. The number of hydrogen-bond acceptors (Lipinski definition) is 3. The highest BCUT2D eigenvalue weighted by atomic mass is 19.1. The molecule has 0 spiro atoms. The van der Waals surface area contributed by atoms with Crippen molar-refractivity contribution < 1.29 is 19.1 Å². The van der Waals surface area contributed by atoms with Gasteiger partial charge in [-0.25, -0.2) is 14.0 Å². The van der Waals surface area contributed by atoms with Gasteiger partial charge in [0.25, 0.3) is 0 Å². The van der Waals surface area contributed by atoms with Crippen LogP contribution in [0.4, 0.5) is 31.0 Å². The second kappa shape index (κ2) is 8.55. The van der Waals surface area contributed by atoms with Gasteiger partial charge >= 0.3 is 12.1 Å². The second-order valence-electron chi connectivity index (χ2n) is 8.13. The summed E-state index contributed by atoms with van der Waals surface area (Å²) >= 11 is 0. The summed E-state index contributed by atoms with van der Waals surface area (Å²) in [6, 6.07) is 20.9. The normalized spacial score (nSPS) is 20.8. The Hall–Kier alpha value is -3.91. The Labute approximate surface area is 190 Å². The van der Waals surface area contributed by atoms with Crippen molar-refractivity contribution in [2.24, 2.45) is 0 Å². The van der Waals surface area contributed by atoms with Crippen molar-refractivity contribution >= 4 is 29.1 Å². The van der Waals surface area contributed by atoms with E-state index < -0.39 is 17.9 Å². The van der Waals surface area contributed by atoms with Crippen LogP contribution in [0, 0.1) is 5.82 Å². The molecule has 2 aliphatic heterocycles. The number of likely N-dealkylation sites (tertiary alicyclic amines) is 1. The lowest BCUT2D eigenvalue weighted by molar-refractivity contribution is -0.00181. The van der Waals surface area contributed by atoms with Crippen molar-refractivity contribution in [3.8, 4) is 0 Å². The van der Waals surface area contributed by atoms with Crippen LogP contribution in [0.15, 0.2) is 78.9 Å². The Bertz CT molecular complexity index is 1190. The molecule has 3 N–H and O–H groups in total. The highest BCUT2D eigenvalue weighted by Gasteiger charge is 2.55. The van der Waals surface area contributed by atoms with E-state index in [0.29, 0.717) is 11.4 Å². The van der Waals surface area contributed by atoms with E-state index in [1.54, 1.807) is 29.2 Å². The number of nitrogens with one attached hydrogen (secondary N) is 2. The molecule has 0 unspecified atom stereocenters. The summed E-state index contributed by atoms with van der Waals surface area (Å²) in [6.45, 7) is 0.0276. The van der Waals surface area contributed by atoms with Crippen molar-refractivity contribution in [1.29, 1.82) is 0 Å². The van der Waals surface area contributed by atoms with Crippen molar-refractivity contribution in [2.45, 2.75) is 18.0 Å². The van der Waals surface area contributed by atoms with Crippen molar-refractivity contribution in [1.82, 2.24) is 4.90 Å². The molecule has 1 saturated heterocycles. The van der Waals surface area contributed by atoms with E-state index in [-0.39, 0.29) is 36.8 Å². The molecule has 2 heterocycles. The van der Waals surface area contributed by atoms with Gasteiger partial charge in [0, 0.05) is 23.8 Å². The zero-order chi connectivity index (χ0) is 22.9. The van der Waals surface area contributed by atoms with E-state index in [1.165, 1.54) is 17.0 Å². The van der Waals surface area contributed by atoms with Gasteiger partial charge in [0.15, 0.2) is 0 Å². The number of carbonyl (C=O) groups is 2. The number of aliphatic hydroxyl groups is 1. The maximum atomic E-state index is 14.1. The van der Waals surface area contributed by atoms with E-state index in [4.69, 9.17) is 0 Å². The summed E-state index contributed by atoms with van der Waals surface area (Å²) in [6.07, 6.45) is 0. The smallest absolute Gasteiger partial charge is 0.326 e. The third-order valence-electron chi connectivity index (χ3n) is 6.31. The van der Waals surface area contributed by atoms with Gasteiger partial charge in [-0.15, -0.1) is 0 Å². The fourth-order valence-corrected chi connectivity index (χ4v) is 4.81. The van der Waals surface area contributed by atoms with Crippen LogP contribution >= 0.6 is 0 Å². The number of para-hydroxylation sites is 3. The number of carbonyl (C=O) groups excluding carboxylic acids is 2. The monoisotopic (exact) mass is 446 g/mol. The lowest BCUT2D eigenvalue weighted by Gasteiger charge is -2.58. The third-order valence-corrected chi connectivity index (χ3v) is 6.31.